The summed E-state index contributed by atoms with van der Waals surface area (Å²) in [6.07, 6.45) is 2.96. The molecule has 0 fully saturated rings. The molecule has 1 aliphatic rings. The predicted molar refractivity (Wildman–Crippen MR) is 106 cm³/mol. The zero-order chi connectivity index (χ0) is 19.3. The molecule has 3 aromatic rings. The standard InChI is InChI=1S/C21H24N4O2/c1-14-8-10-17(11-9-14)21(2,3)23(4)20-22-25(27)19-13-16-7-5-6-15(16)12-18(19)24(20)26/h8-13H,5-7H2,1-4H3. The van der Waals surface area contributed by atoms with E-state index in [1.165, 1.54) is 5.56 Å². The zero-order valence-corrected chi connectivity index (χ0v) is 16.2. The Balaban J connectivity index is 1.85. The zero-order valence-electron chi connectivity index (χ0n) is 16.2. The normalized spacial score (nSPS) is 13.8. The summed E-state index contributed by atoms with van der Waals surface area (Å²) in [7, 11) is 1.80. The van der Waals surface area contributed by atoms with Gasteiger partial charge >= 0.3 is 5.52 Å². The quantitative estimate of drug-likeness (QED) is 0.668. The van der Waals surface area contributed by atoms with E-state index in [2.05, 4.69) is 5.10 Å². The number of aryl methyl sites for hydroxylation is 3. The second kappa shape index (κ2) is 6.08. The summed E-state index contributed by atoms with van der Waals surface area (Å²) in [5, 5.41) is 17.2. The fraction of sp³-hybridized carbons (Fsp3) is 0.381. The van der Waals surface area contributed by atoms with Gasteiger partial charge in [-0.1, -0.05) is 29.8 Å². The summed E-state index contributed by atoms with van der Waals surface area (Å²) in [4.78, 5) is 14.4. The maximum Gasteiger partial charge on any atom is 0.318 e. The highest BCUT2D eigenvalue weighted by atomic mass is 16.5. The second-order valence-corrected chi connectivity index (χ2v) is 7.91. The van der Waals surface area contributed by atoms with E-state index in [4.69, 9.17) is 0 Å². The first-order valence-corrected chi connectivity index (χ1v) is 9.29. The number of anilines is 1. The number of rotatable bonds is 3. The average molecular weight is 364 g/mol. The van der Waals surface area contributed by atoms with Crippen LogP contribution in [0.1, 0.15) is 42.5 Å². The number of fused-ring (bicyclic) bond motifs is 2. The summed E-state index contributed by atoms with van der Waals surface area (Å²) < 4.78 is 1.37. The SMILES string of the molecule is Cc1ccc(C(C)(C)N(C)c2n[n+](=O)c3cc4c(cc3n2[O-])CCC4)cc1. The molecule has 27 heavy (non-hydrogen) atoms. The Hall–Kier alpha value is -2.89. The Morgan fingerprint density at radius 1 is 1.15 bits per heavy atom. The van der Waals surface area contributed by atoms with E-state index in [-0.39, 0.29) is 5.95 Å². The molecule has 0 N–H and O–H groups in total. The summed E-state index contributed by atoms with van der Waals surface area (Å²) >= 11 is 0. The van der Waals surface area contributed by atoms with Crippen molar-refractivity contribution in [3.05, 3.63) is 68.8 Å². The molecule has 0 bridgehead atoms. The molecule has 0 radical (unpaired) electrons. The number of hydrogen-bond donors (Lipinski definition) is 0. The first-order valence-electron chi connectivity index (χ1n) is 9.29. The van der Waals surface area contributed by atoms with Crippen LogP contribution in [0.4, 0.5) is 5.95 Å². The molecule has 0 saturated carbocycles. The number of hydrogen-bond acceptors (Lipinski definition) is 4. The molecule has 0 unspecified atom stereocenters. The van der Waals surface area contributed by atoms with E-state index < -0.39 is 5.54 Å². The van der Waals surface area contributed by atoms with Gasteiger partial charge in [-0.05, 0) is 62.8 Å². The molecule has 4 rings (SSSR count). The monoisotopic (exact) mass is 364 g/mol. The minimum atomic E-state index is -0.510. The molecule has 0 atom stereocenters. The van der Waals surface area contributed by atoms with Gasteiger partial charge in [-0.15, -0.1) is 0 Å². The fourth-order valence-corrected chi connectivity index (χ4v) is 3.81. The molecule has 1 aliphatic carbocycles. The number of aromatic nitrogens is 3. The van der Waals surface area contributed by atoms with Crippen molar-refractivity contribution in [2.45, 2.75) is 45.6 Å². The lowest BCUT2D eigenvalue weighted by Crippen LogP contribution is -2.42. The van der Waals surface area contributed by atoms with Crippen LogP contribution in [-0.4, -0.2) is 16.9 Å². The highest BCUT2D eigenvalue weighted by Crippen LogP contribution is 2.32. The molecule has 0 spiro atoms. The van der Waals surface area contributed by atoms with Crippen LogP contribution in [0.5, 0.6) is 0 Å². The smallest absolute Gasteiger partial charge is 0.318 e. The molecule has 6 heteroatoms. The maximum atomic E-state index is 13.1. The van der Waals surface area contributed by atoms with Crippen LogP contribution >= 0.6 is 0 Å². The van der Waals surface area contributed by atoms with Gasteiger partial charge in [0.05, 0.1) is 15.5 Å². The van der Waals surface area contributed by atoms with Crippen LogP contribution in [-0.2, 0) is 18.4 Å². The molecule has 2 aromatic carbocycles. The topological polar surface area (TPSA) is 67.1 Å². The van der Waals surface area contributed by atoms with E-state index in [0.29, 0.717) is 15.6 Å². The van der Waals surface area contributed by atoms with E-state index in [0.717, 1.165) is 40.7 Å². The van der Waals surface area contributed by atoms with Crippen LogP contribution in [0, 0.1) is 17.0 Å². The van der Waals surface area contributed by atoms with Crippen molar-refractivity contribution < 1.29 is 4.54 Å². The van der Waals surface area contributed by atoms with Crippen LogP contribution in [0.15, 0.2) is 36.4 Å². The molecular weight excluding hydrogens is 340 g/mol. The van der Waals surface area contributed by atoms with Gasteiger partial charge in [-0.3, -0.25) is 0 Å². The lowest BCUT2D eigenvalue weighted by molar-refractivity contribution is -0.535. The molecule has 0 amide bonds. The van der Waals surface area contributed by atoms with Gasteiger partial charge in [0.15, 0.2) is 4.54 Å². The van der Waals surface area contributed by atoms with Crippen LogP contribution in [0.25, 0.3) is 11.0 Å². The lowest BCUT2D eigenvalue weighted by atomic mass is 9.92. The molecule has 140 valence electrons. The Kier molecular flexibility index (Phi) is 3.94. The van der Waals surface area contributed by atoms with E-state index in [1.807, 2.05) is 57.2 Å². The number of nitrogens with zero attached hydrogens (tertiary/aromatic N) is 4. The third kappa shape index (κ3) is 2.76. The first kappa shape index (κ1) is 17.5. The largest absolute Gasteiger partial charge is 0.803 e. The van der Waals surface area contributed by atoms with Gasteiger partial charge in [0.1, 0.15) is 5.52 Å². The minimum Gasteiger partial charge on any atom is -0.803 e. The van der Waals surface area contributed by atoms with Gasteiger partial charge in [0, 0.05) is 13.1 Å². The summed E-state index contributed by atoms with van der Waals surface area (Å²) in [5.74, 6) is 0.0982. The van der Waals surface area contributed by atoms with Gasteiger partial charge < -0.3 is 14.8 Å². The summed E-state index contributed by atoms with van der Waals surface area (Å²) in [6, 6.07) is 11.8. The van der Waals surface area contributed by atoms with E-state index >= 15 is 0 Å². The van der Waals surface area contributed by atoms with Gasteiger partial charge in [-0.2, -0.15) is 0 Å². The maximum absolute atomic E-state index is 13.1. The van der Waals surface area contributed by atoms with Gasteiger partial charge in [0.2, 0.25) is 0 Å². The highest BCUT2D eigenvalue weighted by Gasteiger charge is 2.31. The van der Waals surface area contributed by atoms with E-state index in [9.17, 15) is 10.1 Å². The highest BCUT2D eigenvalue weighted by molar-refractivity contribution is 5.76. The summed E-state index contributed by atoms with van der Waals surface area (Å²) in [6.45, 7) is 6.07. The molecule has 1 aromatic heterocycles. The predicted octanol–water partition coefficient (Wildman–Crippen LogP) is 3.47. The molecule has 1 heterocycles. The van der Waals surface area contributed by atoms with Gasteiger partial charge in [-0.25, -0.2) is 0 Å². The van der Waals surface area contributed by atoms with Crippen molar-refractivity contribution in [3.8, 4) is 0 Å². The average Bonchev–Trinajstić information content (AvgIpc) is 3.11. The van der Waals surface area contributed by atoms with Crippen LogP contribution in [0.3, 0.4) is 0 Å². The Labute approximate surface area is 158 Å². The van der Waals surface area contributed by atoms with Gasteiger partial charge in [0.25, 0.3) is 5.95 Å². The molecule has 0 saturated heterocycles. The Bertz CT molecular complexity index is 1080. The number of benzene rings is 2. The second-order valence-electron chi connectivity index (χ2n) is 7.91. The molecular formula is C21H24N4O2. The van der Waals surface area contributed by atoms with Crippen molar-refractivity contribution in [3.63, 3.8) is 0 Å². The van der Waals surface area contributed by atoms with Crippen molar-refractivity contribution in [1.82, 2.24) is 9.83 Å². The van der Waals surface area contributed by atoms with Crippen molar-refractivity contribution >= 4 is 17.0 Å². The van der Waals surface area contributed by atoms with Crippen LogP contribution < -0.4 is 9.44 Å². The van der Waals surface area contributed by atoms with E-state index in [1.54, 1.807) is 11.9 Å². The minimum absolute atomic E-state index is 0.0982. The lowest BCUT2D eigenvalue weighted by Gasteiger charge is -2.37. The van der Waals surface area contributed by atoms with Crippen molar-refractivity contribution in [2.24, 2.45) is 0 Å². The Morgan fingerprint density at radius 3 is 2.44 bits per heavy atom. The molecule has 6 nitrogen and oxygen atoms in total. The molecule has 0 aliphatic heterocycles. The Morgan fingerprint density at radius 2 is 1.78 bits per heavy atom. The summed E-state index contributed by atoms with van der Waals surface area (Å²) in [5.41, 5.74) is 4.72. The van der Waals surface area contributed by atoms with Crippen LogP contribution in [0.2, 0.25) is 0 Å². The van der Waals surface area contributed by atoms with Crippen molar-refractivity contribution in [1.29, 1.82) is 0 Å². The first-order chi connectivity index (χ1) is 12.8. The third-order valence-electron chi connectivity index (χ3n) is 5.87. The fourth-order valence-electron chi connectivity index (χ4n) is 3.81. The van der Waals surface area contributed by atoms with Crippen molar-refractivity contribution in [2.75, 3.05) is 11.9 Å². The third-order valence-corrected chi connectivity index (χ3v) is 5.87.